The number of hydrogen-bond donors (Lipinski definition) is 0. The Balaban J connectivity index is 2.28. The molecule has 1 unspecified atom stereocenters. The maximum Gasteiger partial charge on any atom is 0.124 e. The largest absolute Gasteiger partial charge is 0.264 e. The van der Waals surface area contributed by atoms with Gasteiger partial charge in [-0.2, -0.15) is 0 Å². The molecule has 0 N–H and O–H groups in total. The van der Waals surface area contributed by atoms with Gasteiger partial charge in [0.15, 0.2) is 0 Å². The minimum atomic E-state index is 0.218. The first kappa shape index (κ1) is 9.17. The van der Waals surface area contributed by atoms with Crippen LogP contribution in [0.15, 0.2) is 30.1 Å². The van der Waals surface area contributed by atoms with E-state index in [4.69, 9.17) is 0 Å². The Bertz CT molecular complexity index is 352. The van der Waals surface area contributed by atoms with Crippen LogP contribution in [-0.2, 0) is 4.79 Å². The van der Waals surface area contributed by atoms with Gasteiger partial charge in [0, 0.05) is 23.9 Å². The van der Waals surface area contributed by atoms with Crippen molar-refractivity contribution < 1.29 is 4.79 Å². The van der Waals surface area contributed by atoms with Crippen LogP contribution in [0.5, 0.6) is 0 Å². The third kappa shape index (κ3) is 1.75. The van der Waals surface area contributed by atoms with E-state index in [1.165, 1.54) is 0 Å². The molecule has 0 spiro atoms. The Morgan fingerprint density at radius 3 is 3.14 bits per heavy atom. The number of hydrogen-bond acceptors (Lipinski definition) is 2. The number of nitrogens with zero attached hydrogens (tertiary/aromatic N) is 1. The fraction of sp³-hybridized carbons (Fsp3) is 0.333. The fourth-order valence-corrected chi connectivity index (χ4v) is 1.92. The van der Waals surface area contributed by atoms with E-state index in [9.17, 15) is 4.79 Å². The molecule has 1 aliphatic rings. The molecule has 0 aromatic carbocycles. The van der Waals surface area contributed by atoms with Crippen LogP contribution < -0.4 is 0 Å². The molecular formula is C12H12NO. The van der Waals surface area contributed by atoms with Gasteiger partial charge in [-0.05, 0) is 30.9 Å². The molecule has 1 aromatic rings. The summed E-state index contributed by atoms with van der Waals surface area (Å²) in [5.74, 6) is 2.25. The van der Waals surface area contributed by atoms with Gasteiger partial charge in [-0.25, -0.2) is 4.79 Å². The van der Waals surface area contributed by atoms with Crippen molar-refractivity contribution >= 4 is 5.94 Å². The summed E-state index contributed by atoms with van der Waals surface area (Å²) < 4.78 is 0. The van der Waals surface area contributed by atoms with Crippen LogP contribution in [0.2, 0.25) is 0 Å². The Morgan fingerprint density at radius 1 is 1.50 bits per heavy atom. The normalized spacial score (nSPS) is 21.7. The highest BCUT2D eigenvalue weighted by Gasteiger charge is 2.21. The lowest BCUT2D eigenvalue weighted by atomic mass is 9.81. The topological polar surface area (TPSA) is 30.0 Å². The Hall–Kier alpha value is -1.40. The monoisotopic (exact) mass is 186 g/mol. The molecule has 0 bridgehead atoms. The Morgan fingerprint density at radius 2 is 2.43 bits per heavy atom. The summed E-state index contributed by atoms with van der Waals surface area (Å²) in [6.45, 7) is 0. The molecule has 1 fully saturated rings. The van der Waals surface area contributed by atoms with E-state index >= 15 is 0 Å². The highest BCUT2D eigenvalue weighted by molar-refractivity contribution is 5.60. The highest BCUT2D eigenvalue weighted by atomic mass is 16.1. The first-order valence-corrected chi connectivity index (χ1v) is 4.90. The molecule has 0 aliphatic heterocycles. The summed E-state index contributed by atoms with van der Waals surface area (Å²) in [5.41, 5.74) is 1.92. The summed E-state index contributed by atoms with van der Waals surface area (Å²) in [7, 11) is 0. The summed E-state index contributed by atoms with van der Waals surface area (Å²) >= 11 is 0. The van der Waals surface area contributed by atoms with E-state index in [-0.39, 0.29) is 5.92 Å². The zero-order valence-corrected chi connectivity index (χ0v) is 7.94. The van der Waals surface area contributed by atoms with Gasteiger partial charge in [0.05, 0.1) is 0 Å². The molecule has 1 heterocycles. The molecule has 0 amide bonds. The predicted molar refractivity (Wildman–Crippen MR) is 54.3 cm³/mol. The number of aromatic nitrogens is 1. The second-order valence-corrected chi connectivity index (χ2v) is 3.53. The Kier molecular flexibility index (Phi) is 2.76. The van der Waals surface area contributed by atoms with Gasteiger partial charge in [-0.15, -0.1) is 0 Å². The molecule has 0 saturated heterocycles. The molecule has 1 aliphatic carbocycles. The summed E-state index contributed by atoms with van der Waals surface area (Å²) in [6.07, 6.45) is 8.76. The van der Waals surface area contributed by atoms with Crippen molar-refractivity contribution in [2.24, 2.45) is 0 Å². The first-order valence-electron chi connectivity index (χ1n) is 4.90. The van der Waals surface area contributed by atoms with Crippen molar-refractivity contribution in [3.8, 4) is 0 Å². The van der Waals surface area contributed by atoms with Crippen LogP contribution in [0.1, 0.15) is 30.7 Å². The van der Waals surface area contributed by atoms with E-state index in [2.05, 4.69) is 4.98 Å². The Labute approximate surface area is 83.7 Å². The number of allylic oxidation sites excluding steroid dienone is 1. The fourth-order valence-electron chi connectivity index (χ4n) is 1.92. The molecule has 14 heavy (non-hydrogen) atoms. The smallest absolute Gasteiger partial charge is 0.124 e. The molecule has 1 saturated carbocycles. The molecule has 1 radical (unpaired) electrons. The number of carbonyl (C=O) groups excluding carboxylic acids is 1. The van der Waals surface area contributed by atoms with E-state index < -0.39 is 0 Å². The van der Waals surface area contributed by atoms with E-state index in [0.29, 0.717) is 0 Å². The first-order chi connectivity index (χ1) is 6.92. The van der Waals surface area contributed by atoms with Gasteiger partial charge >= 0.3 is 0 Å². The second-order valence-electron chi connectivity index (χ2n) is 3.53. The minimum absolute atomic E-state index is 0.218. The summed E-state index contributed by atoms with van der Waals surface area (Å²) in [5, 5.41) is 0. The lowest BCUT2D eigenvalue weighted by Gasteiger charge is -2.22. The molecule has 2 rings (SSSR count). The lowest BCUT2D eigenvalue weighted by molar-refractivity contribution is 0.554. The highest BCUT2D eigenvalue weighted by Crippen LogP contribution is 2.34. The summed E-state index contributed by atoms with van der Waals surface area (Å²) in [6, 6.07) is 3.93. The third-order valence-electron chi connectivity index (χ3n) is 2.64. The van der Waals surface area contributed by atoms with Gasteiger partial charge in [0.25, 0.3) is 0 Å². The second kappa shape index (κ2) is 4.21. The van der Waals surface area contributed by atoms with Crippen LogP contribution in [0.25, 0.3) is 0 Å². The standard InChI is InChI=1S/C12H12NO/c14-9-11-4-1-2-6-12(11)10-5-3-7-13-8-10/h3-5,7-8,12H,1-2,6H2. The molecule has 1 aromatic heterocycles. The van der Waals surface area contributed by atoms with E-state index in [1.54, 1.807) is 6.20 Å². The van der Waals surface area contributed by atoms with Crippen LogP contribution in [-0.4, -0.2) is 10.9 Å². The van der Waals surface area contributed by atoms with Crippen molar-refractivity contribution in [1.82, 2.24) is 4.98 Å². The van der Waals surface area contributed by atoms with Crippen LogP contribution in [0.4, 0.5) is 0 Å². The van der Waals surface area contributed by atoms with Crippen molar-refractivity contribution in [3.63, 3.8) is 0 Å². The quantitative estimate of drug-likeness (QED) is 0.630. The maximum atomic E-state index is 10.7. The zero-order chi connectivity index (χ0) is 9.80. The molecule has 2 heteroatoms. The van der Waals surface area contributed by atoms with Gasteiger partial charge < -0.3 is 0 Å². The number of pyridine rings is 1. The van der Waals surface area contributed by atoms with Gasteiger partial charge in [0.1, 0.15) is 5.94 Å². The molecular weight excluding hydrogens is 174 g/mol. The molecule has 2 nitrogen and oxygen atoms in total. The van der Waals surface area contributed by atoms with Gasteiger partial charge in [-0.3, -0.25) is 4.98 Å². The van der Waals surface area contributed by atoms with Crippen LogP contribution >= 0.6 is 0 Å². The van der Waals surface area contributed by atoms with Crippen LogP contribution in [0.3, 0.4) is 0 Å². The van der Waals surface area contributed by atoms with Gasteiger partial charge in [-0.1, -0.05) is 12.5 Å². The average molecular weight is 186 g/mol. The van der Waals surface area contributed by atoms with Crippen molar-refractivity contribution in [1.29, 1.82) is 0 Å². The van der Waals surface area contributed by atoms with Crippen molar-refractivity contribution in [2.75, 3.05) is 0 Å². The van der Waals surface area contributed by atoms with E-state index in [1.807, 2.05) is 30.7 Å². The van der Waals surface area contributed by atoms with Gasteiger partial charge in [0.2, 0.25) is 0 Å². The third-order valence-corrected chi connectivity index (χ3v) is 2.64. The minimum Gasteiger partial charge on any atom is -0.264 e. The SMILES string of the molecule is O=C=C1[CH]CCCC1c1cccnc1. The van der Waals surface area contributed by atoms with Crippen molar-refractivity contribution in [2.45, 2.75) is 25.2 Å². The average Bonchev–Trinajstić information content (AvgIpc) is 2.30. The lowest BCUT2D eigenvalue weighted by Crippen LogP contribution is -2.09. The predicted octanol–water partition coefficient (Wildman–Crippen LogP) is 2.31. The maximum absolute atomic E-state index is 10.7. The van der Waals surface area contributed by atoms with E-state index in [0.717, 1.165) is 30.4 Å². The number of rotatable bonds is 1. The van der Waals surface area contributed by atoms with Crippen LogP contribution in [0, 0.1) is 6.42 Å². The molecule has 1 atom stereocenters. The molecule has 71 valence electrons. The zero-order valence-electron chi connectivity index (χ0n) is 7.94. The van der Waals surface area contributed by atoms with Crippen molar-refractivity contribution in [3.05, 3.63) is 42.1 Å². The summed E-state index contributed by atoms with van der Waals surface area (Å²) in [4.78, 5) is 14.8.